The minimum Gasteiger partial charge on any atom is -0.392 e. The van der Waals surface area contributed by atoms with Gasteiger partial charge in [0, 0.05) is 18.1 Å². The molecule has 1 fully saturated rings. The van der Waals surface area contributed by atoms with Gasteiger partial charge in [-0.1, -0.05) is 19.3 Å². The number of ether oxygens (including phenoxy) is 1. The summed E-state index contributed by atoms with van der Waals surface area (Å²) in [4.78, 5) is 0. The third-order valence-corrected chi connectivity index (χ3v) is 5.23. The maximum atomic E-state index is 9.96. The summed E-state index contributed by atoms with van der Waals surface area (Å²) >= 11 is 1.97. The van der Waals surface area contributed by atoms with Gasteiger partial charge in [-0.15, -0.1) is 0 Å². The van der Waals surface area contributed by atoms with E-state index < -0.39 is 0 Å². The Bertz CT molecular complexity index is 200. The number of methoxy groups -OCH3 is 1. The molecule has 1 atom stereocenters. The number of hydrogen-bond donors (Lipinski definition) is 1. The van der Waals surface area contributed by atoms with E-state index in [0.717, 1.165) is 23.8 Å². The van der Waals surface area contributed by atoms with Crippen molar-refractivity contribution in [3.63, 3.8) is 0 Å². The fourth-order valence-corrected chi connectivity index (χ4v) is 3.51. The molecule has 1 aliphatic rings. The average Bonchev–Trinajstić information content (AvgIpc) is 2.35. The van der Waals surface area contributed by atoms with Gasteiger partial charge in [0.2, 0.25) is 0 Å². The Hall–Kier alpha value is 0.270. The fourth-order valence-electron chi connectivity index (χ4n) is 2.18. The van der Waals surface area contributed by atoms with Crippen molar-refractivity contribution in [2.45, 2.75) is 75.7 Å². The molecule has 102 valence electrons. The first kappa shape index (κ1) is 15.3. The molecule has 0 heterocycles. The summed E-state index contributed by atoms with van der Waals surface area (Å²) in [5, 5.41) is 10.8. The van der Waals surface area contributed by atoms with Gasteiger partial charge in [-0.3, -0.25) is 0 Å². The van der Waals surface area contributed by atoms with Crippen molar-refractivity contribution in [1.29, 1.82) is 0 Å². The SMILES string of the molecule is COC(C)(C)CCC(O)CSC1CCCCC1. The van der Waals surface area contributed by atoms with Crippen molar-refractivity contribution in [2.24, 2.45) is 0 Å². The predicted molar refractivity (Wildman–Crippen MR) is 75.7 cm³/mol. The average molecular weight is 260 g/mol. The standard InChI is InChI=1S/C14H28O2S/c1-14(2,16-3)10-9-12(15)11-17-13-7-5-4-6-8-13/h12-13,15H,4-11H2,1-3H3. The van der Waals surface area contributed by atoms with Crippen molar-refractivity contribution in [3.05, 3.63) is 0 Å². The molecule has 0 saturated heterocycles. The minimum absolute atomic E-state index is 0.101. The highest BCUT2D eigenvalue weighted by atomic mass is 32.2. The van der Waals surface area contributed by atoms with Crippen molar-refractivity contribution in [2.75, 3.05) is 12.9 Å². The fraction of sp³-hybridized carbons (Fsp3) is 1.00. The van der Waals surface area contributed by atoms with Crippen LogP contribution in [-0.2, 0) is 4.74 Å². The van der Waals surface area contributed by atoms with Crippen LogP contribution >= 0.6 is 11.8 Å². The second-order valence-corrected chi connectivity index (χ2v) is 7.08. The molecule has 3 heteroatoms. The van der Waals surface area contributed by atoms with Gasteiger partial charge < -0.3 is 9.84 Å². The second kappa shape index (κ2) is 7.65. The van der Waals surface area contributed by atoms with Crippen molar-refractivity contribution in [3.8, 4) is 0 Å². The molecular formula is C14H28O2S. The highest BCUT2D eigenvalue weighted by Gasteiger charge is 2.20. The van der Waals surface area contributed by atoms with E-state index in [1.54, 1.807) is 7.11 Å². The number of aliphatic hydroxyl groups excluding tert-OH is 1. The van der Waals surface area contributed by atoms with Gasteiger partial charge in [-0.25, -0.2) is 0 Å². The van der Waals surface area contributed by atoms with Crippen LogP contribution in [0.25, 0.3) is 0 Å². The Balaban J connectivity index is 2.10. The lowest BCUT2D eigenvalue weighted by Gasteiger charge is -2.25. The zero-order valence-corrected chi connectivity index (χ0v) is 12.4. The first-order valence-electron chi connectivity index (χ1n) is 6.88. The Kier molecular flexibility index (Phi) is 6.90. The molecule has 1 rings (SSSR count). The van der Waals surface area contributed by atoms with Crippen molar-refractivity contribution >= 4 is 11.8 Å². The van der Waals surface area contributed by atoms with Gasteiger partial charge in [0.15, 0.2) is 0 Å². The van der Waals surface area contributed by atoms with E-state index in [-0.39, 0.29) is 11.7 Å². The molecule has 0 spiro atoms. The zero-order valence-electron chi connectivity index (χ0n) is 11.6. The first-order valence-corrected chi connectivity index (χ1v) is 7.93. The number of aliphatic hydroxyl groups is 1. The van der Waals surface area contributed by atoms with E-state index in [9.17, 15) is 5.11 Å². The highest BCUT2D eigenvalue weighted by molar-refractivity contribution is 7.99. The first-order chi connectivity index (χ1) is 8.03. The molecule has 1 N–H and O–H groups in total. The smallest absolute Gasteiger partial charge is 0.0631 e. The molecule has 1 aliphatic carbocycles. The highest BCUT2D eigenvalue weighted by Crippen LogP contribution is 2.29. The predicted octanol–water partition coefficient (Wildman–Crippen LogP) is 3.62. The topological polar surface area (TPSA) is 29.5 Å². The number of rotatable bonds is 7. The lowest BCUT2D eigenvalue weighted by molar-refractivity contribution is 0.00493. The van der Waals surface area contributed by atoms with Crippen molar-refractivity contribution < 1.29 is 9.84 Å². The Morgan fingerprint density at radius 3 is 2.53 bits per heavy atom. The van der Waals surface area contributed by atoms with Gasteiger partial charge in [0.25, 0.3) is 0 Å². The molecule has 0 bridgehead atoms. The van der Waals surface area contributed by atoms with Crippen LogP contribution in [-0.4, -0.2) is 34.9 Å². The molecule has 1 unspecified atom stereocenters. The molecule has 2 nitrogen and oxygen atoms in total. The summed E-state index contributed by atoms with van der Waals surface area (Å²) in [6.07, 6.45) is 8.46. The molecule has 0 aromatic carbocycles. The van der Waals surface area contributed by atoms with E-state index in [4.69, 9.17) is 4.74 Å². The lowest BCUT2D eigenvalue weighted by atomic mass is 10.0. The minimum atomic E-state index is -0.170. The zero-order chi connectivity index (χ0) is 12.7. The molecule has 0 aromatic rings. The van der Waals surface area contributed by atoms with Gasteiger partial charge in [-0.05, 0) is 39.5 Å². The second-order valence-electron chi connectivity index (χ2n) is 5.75. The van der Waals surface area contributed by atoms with Gasteiger partial charge in [-0.2, -0.15) is 11.8 Å². The molecule has 0 radical (unpaired) electrons. The van der Waals surface area contributed by atoms with Crippen molar-refractivity contribution in [1.82, 2.24) is 0 Å². The Morgan fingerprint density at radius 1 is 1.29 bits per heavy atom. The summed E-state index contributed by atoms with van der Waals surface area (Å²) in [5.41, 5.74) is -0.101. The molecule has 0 aromatic heterocycles. The maximum absolute atomic E-state index is 9.96. The molecule has 17 heavy (non-hydrogen) atoms. The third-order valence-electron chi connectivity index (χ3n) is 3.71. The van der Waals surface area contributed by atoms with Crippen LogP contribution < -0.4 is 0 Å². The van der Waals surface area contributed by atoms with Crippen LogP contribution in [0.15, 0.2) is 0 Å². The summed E-state index contributed by atoms with van der Waals surface area (Å²) in [5.74, 6) is 0.893. The summed E-state index contributed by atoms with van der Waals surface area (Å²) in [6.45, 7) is 4.15. The van der Waals surface area contributed by atoms with E-state index >= 15 is 0 Å². The number of hydrogen-bond acceptors (Lipinski definition) is 3. The van der Waals surface area contributed by atoms with E-state index in [2.05, 4.69) is 13.8 Å². The molecule has 1 saturated carbocycles. The van der Waals surface area contributed by atoms with Crippen LogP contribution in [0.5, 0.6) is 0 Å². The van der Waals surface area contributed by atoms with E-state index in [0.29, 0.717) is 0 Å². The quantitative estimate of drug-likeness (QED) is 0.758. The monoisotopic (exact) mass is 260 g/mol. The van der Waals surface area contributed by atoms with Crippen LogP contribution in [0.4, 0.5) is 0 Å². The summed E-state index contributed by atoms with van der Waals surface area (Å²) in [7, 11) is 1.74. The number of thioether (sulfide) groups is 1. The van der Waals surface area contributed by atoms with Crippen LogP contribution in [0.3, 0.4) is 0 Å². The van der Waals surface area contributed by atoms with E-state index in [1.807, 2.05) is 11.8 Å². The Morgan fingerprint density at radius 2 is 1.94 bits per heavy atom. The Labute approximate surface area is 111 Å². The lowest BCUT2D eigenvalue weighted by Crippen LogP contribution is -2.25. The van der Waals surface area contributed by atoms with Crippen LogP contribution in [0.1, 0.15) is 58.8 Å². The van der Waals surface area contributed by atoms with Gasteiger partial charge >= 0.3 is 0 Å². The van der Waals surface area contributed by atoms with Crippen LogP contribution in [0, 0.1) is 0 Å². The molecule has 0 aliphatic heterocycles. The van der Waals surface area contributed by atoms with Gasteiger partial charge in [0.1, 0.15) is 0 Å². The summed E-state index contributed by atoms with van der Waals surface area (Å²) < 4.78 is 5.36. The molecular weight excluding hydrogens is 232 g/mol. The maximum Gasteiger partial charge on any atom is 0.0631 e. The molecule has 0 amide bonds. The van der Waals surface area contributed by atoms with Gasteiger partial charge in [0.05, 0.1) is 11.7 Å². The summed E-state index contributed by atoms with van der Waals surface area (Å²) in [6, 6.07) is 0. The third kappa shape index (κ3) is 6.68. The largest absolute Gasteiger partial charge is 0.392 e. The van der Waals surface area contributed by atoms with Crippen LogP contribution in [0.2, 0.25) is 0 Å². The van der Waals surface area contributed by atoms with E-state index in [1.165, 1.54) is 32.1 Å². The normalized spacial score (nSPS) is 20.5.